The molecule has 0 atom stereocenters. The summed E-state index contributed by atoms with van der Waals surface area (Å²) in [5, 5.41) is 5.12. The van der Waals surface area contributed by atoms with Crippen LogP contribution in [0.1, 0.15) is 32.8 Å². The molecule has 13 heteroatoms. The van der Waals surface area contributed by atoms with Crippen LogP contribution in [-0.2, 0) is 22.4 Å². The standard InChI is InChI=1S/C21H33ClF3N5O3Si/c1-20(2,3)33-19(31)27-9-7-8-26-16-15-14(21(23,24)25)12-30(17(15)29-18(22)28-16)13-32-10-11-34(4,5)6/h12H,7-11,13H2,1-6H3,(H,27,31)(H,26,28,29). The molecule has 0 aromatic carbocycles. The number of nitrogens with zero attached hydrogens (tertiary/aromatic N) is 3. The molecule has 2 N–H and O–H groups in total. The van der Waals surface area contributed by atoms with Crippen LogP contribution in [0.4, 0.5) is 23.8 Å². The summed E-state index contributed by atoms with van der Waals surface area (Å²) in [5.41, 5.74) is -1.46. The van der Waals surface area contributed by atoms with Crippen LogP contribution in [0.25, 0.3) is 11.0 Å². The molecule has 0 aliphatic carbocycles. The largest absolute Gasteiger partial charge is 0.444 e. The highest BCUT2D eigenvalue weighted by molar-refractivity contribution is 6.76. The van der Waals surface area contributed by atoms with Gasteiger partial charge in [0, 0.05) is 34.0 Å². The molecule has 0 unspecified atom stereocenters. The predicted octanol–water partition coefficient (Wildman–Crippen LogP) is 5.74. The SMILES string of the molecule is CC(C)(C)OC(=O)NCCCNc1nc(Cl)nc2c1c(C(F)(F)F)cn2COCC[Si](C)(C)C. The van der Waals surface area contributed by atoms with E-state index >= 15 is 0 Å². The van der Waals surface area contributed by atoms with Crippen LogP contribution in [0.2, 0.25) is 31.0 Å². The number of ether oxygens (including phenoxy) is 2. The van der Waals surface area contributed by atoms with E-state index in [0.717, 1.165) is 12.2 Å². The first kappa shape index (κ1) is 28.2. The van der Waals surface area contributed by atoms with Crippen molar-refractivity contribution in [1.29, 1.82) is 0 Å². The van der Waals surface area contributed by atoms with Crippen LogP contribution >= 0.6 is 11.6 Å². The molecule has 2 aromatic rings. The van der Waals surface area contributed by atoms with Gasteiger partial charge in [-0.25, -0.2) is 9.78 Å². The minimum Gasteiger partial charge on any atom is -0.444 e. The van der Waals surface area contributed by atoms with E-state index in [1.807, 2.05) is 0 Å². The minimum atomic E-state index is -4.62. The Morgan fingerprint density at radius 3 is 2.44 bits per heavy atom. The fourth-order valence-electron chi connectivity index (χ4n) is 2.94. The number of carbonyl (C=O) groups is 1. The zero-order valence-corrected chi connectivity index (χ0v) is 22.2. The molecule has 2 aromatic heterocycles. The molecule has 0 bridgehead atoms. The smallest absolute Gasteiger partial charge is 0.418 e. The number of carbonyl (C=O) groups excluding carboxylic acids is 1. The second-order valence-electron chi connectivity index (χ2n) is 10.1. The van der Waals surface area contributed by atoms with Crippen molar-refractivity contribution >= 4 is 42.6 Å². The lowest BCUT2D eigenvalue weighted by atomic mass is 10.2. The molecule has 0 aliphatic rings. The number of rotatable bonds is 10. The molecule has 192 valence electrons. The van der Waals surface area contributed by atoms with Gasteiger partial charge >= 0.3 is 12.3 Å². The van der Waals surface area contributed by atoms with Crippen molar-refractivity contribution in [2.45, 2.75) is 71.4 Å². The number of hydrogen-bond acceptors (Lipinski definition) is 6. The van der Waals surface area contributed by atoms with Crippen molar-refractivity contribution in [3.8, 4) is 0 Å². The first-order chi connectivity index (χ1) is 15.6. The van der Waals surface area contributed by atoms with Gasteiger partial charge in [-0.2, -0.15) is 18.2 Å². The topological polar surface area (TPSA) is 90.3 Å². The summed E-state index contributed by atoms with van der Waals surface area (Å²) in [6.07, 6.45) is -3.79. The van der Waals surface area contributed by atoms with Gasteiger partial charge in [0.2, 0.25) is 5.28 Å². The fraction of sp³-hybridized carbons (Fsp3) is 0.667. The fourth-order valence-corrected chi connectivity index (χ4v) is 3.86. The monoisotopic (exact) mass is 523 g/mol. The van der Waals surface area contributed by atoms with Crippen LogP contribution in [-0.4, -0.2) is 54.0 Å². The maximum absolute atomic E-state index is 13.8. The number of fused-ring (bicyclic) bond motifs is 1. The van der Waals surface area contributed by atoms with E-state index in [9.17, 15) is 18.0 Å². The van der Waals surface area contributed by atoms with Gasteiger partial charge in [-0.15, -0.1) is 0 Å². The van der Waals surface area contributed by atoms with Gasteiger partial charge in [0.1, 0.15) is 23.8 Å². The molecular formula is C21H33ClF3N5O3Si. The van der Waals surface area contributed by atoms with Gasteiger partial charge in [0.25, 0.3) is 0 Å². The first-order valence-electron chi connectivity index (χ1n) is 11.0. The molecule has 2 rings (SSSR count). The van der Waals surface area contributed by atoms with E-state index in [-0.39, 0.29) is 42.0 Å². The zero-order valence-electron chi connectivity index (χ0n) is 20.4. The molecular weight excluding hydrogens is 491 g/mol. The average molecular weight is 524 g/mol. The molecule has 0 spiro atoms. The summed E-state index contributed by atoms with van der Waals surface area (Å²) in [6, 6.07) is 0.887. The second kappa shape index (κ2) is 11.1. The number of aromatic nitrogens is 3. The van der Waals surface area contributed by atoms with E-state index in [0.29, 0.717) is 13.0 Å². The highest BCUT2D eigenvalue weighted by atomic mass is 35.5. The van der Waals surface area contributed by atoms with Crippen LogP contribution in [0.15, 0.2) is 6.20 Å². The first-order valence-corrected chi connectivity index (χ1v) is 15.1. The quantitative estimate of drug-likeness (QED) is 0.234. The summed E-state index contributed by atoms with van der Waals surface area (Å²) in [6.45, 7) is 12.7. The molecule has 0 aliphatic heterocycles. The molecule has 8 nitrogen and oxygen atoms in total. The van der Waals surface area contributed by atoms with Crippen molar-refractivity contribution in [1.82, 2.24) is 19.9 Å². The van der Waals surface area contributed by atoms with Gasteiger partial charge in [-0.1, -0.05) is 19.6 Å². The van der Waals surface area contributed by atoms with Gasteiger partial charge in [0.05, 0.1) is 10.9 Å². The number of alkyl halides is 3. The van der Waals surface area contributed by atoms with Crippen molar-refractivity contribution in [2.75, 3.05) is 25.0 Å². The van der Waals surface area contributed by atoms with Crippen molar-refractivity contribution < 1.29 is 27.4 Å². The number of nitrogens with one attached hydrogen (secondary N) is 2. The van der Waals surface area contributed by atoms with Crippen LogP contribution in [0.3, 0.4) is 0 Å². The van der Waals surface area contributed by atoms with Crippen molar-refractivity contribution in [3.05, 3.63) is 17.0 Å². The maximum Gasteiger partial charge on any atom is 0.418 e. The number of hydrogen-bond donors (Lipinski definition) is 2. The highest BCUT2D eigenvalue weighted by Crippen LogP contribution is 2.39. The summed E-state index contributed by atoms with van der Waals surface area (Å²) >= 11 is 6.02. The molecule has 34 heavy (non-hydrogen) atoms. The number of amides is 1. The molecule has 0 fully saturated rings. The lowest BCUT2D eigenvalue weighted by molar-refractivity contribution is -0.136. The normalized spacial score (nSPS) is 12.8. The van der Waals surface area contributed by atoms with E-state index in [4.69, 9.17) is 21.1 Å². The second-order valence-corrected chi connectivity index (χ2v) is 16.1. The minimum absolute atomic E-state index is 0.0274. The van der Waals surface area contributed by atoms with Crippen molar-refractivity contribution in [2.24, 2.45) is 0 Å². The molecule has 0 radical (unpaired) electrons. The zero-order chi connectivity index (χ0) is 25.7. The summed E-state index contributed by atoms with van der Waals surface area (Å²) in [5.74, 6) is -0.0274. The Kier molecular flexibility index (Phi) is 9.22. The molecule has 0 saturated heterocycles. The van der Waals surface area contributed by atoms with Crippen LogP contribution < -0.4 is 10.6 Å². The summed E-state index contributed by atoms with van der Waals surface area (Å²) < 4.78 is 53.5. The van der Waals surface area contributed by atoms with E-state index in [1.165, 1.54) is 4.57 Å². The third kappa shape index (κ3) is 8.95. The summed E-state index contributed by atoms with van der Waals surface area (Å²) in [4.78, 5) is 19.7. The Morgan fingerprint density at radius 1 is 1.18 bits per heavy atom. The molecule has 2 heterocycles. The van der Waals surface area contributed by atoms with E-state index < -0.39 is 31.5 Å². The Morgan fingerprint density at radius 2 is 1.85 bits per heavy atom. The Bertz CT molecular complexity index is 987. The number of alkyl carbamates (subject to hydrolysis) is 1. The number of halogens is 4. The molecule has 0 saturated carbocycles. The highest BCUT2D eigenvalue weighted by Gasteiger charge is 2.37. The Labute approximate surface area is 203 Å². The van der Waals surface area contributed by atoms with Gasteiger partial charge in [0.15, 0.2) is 0 Å². The number of anilines is 1. The average Bonchev–Trinajstić information content (AvgIpc) is 3.01. The van der Waals surface area contributed by atoms with Gasteiger partial charge in [-0.3, -0.25) is 0 Å². The van der Waals surface area contributed by atoms with E-state index in [2.05, 4.69) is 40.2 Å². The Balaban J connectivity index is 2.14. The predicted molar refractivity (Wildman–Crippen MR) is 129 cm³/mol. The maximum atomic E-state index is 13.8. The summed E-state index contributed by atoms with van der Waals surface area (Å²) in [7, 11) is -1.34. The van der Waals surface area contributed by atoms with Crippen LogP contribution in [0.5, 0.6) is 0 Å². The van der Waals surface area contributed by atoms with Gasteiger partial charge < -0.3 is 24.7 Å². The lowest BCUT2D eigenvalue weighted by Crippen LogP contribution is -2.33. The molecule has 1 amide bonds. The third-order valence-corrected chi connectivity index (χ3v) is 6.41. The van der Waals surface area contributed by atoms with Crippen molar-refractivity contribution in [3.63, 3.8) is 0 Å². The lowest BCUT2D eigenvalue weighted by Gasteiger charge is -2.19. The van der Waals surface area contributed by atoms with Gasteiger partial charge in [-0.05, 0) is 44.8 Å². The van der Waals surface area contributed by atoms with E-state index in [1.54, 1.807) is 20.8 Å². The third-order valence-electron chi connectivity index (χ3n) is 4.54. The Hall–Kier alpha value is -2.05. The van der Waals surface area contributed by atoms with Crippen LogP contribution in [0, 0.1) is 0 Å².